The first-order valence-corrected chi connectivity index (χ1v) is 7.02. The van der Waals surface area contributed by atoms with Gasteiger partial charge >= 0.3 is 0 Å². The summed E-state index contributed by atoms with van der Waals surface area (Å²) in [5.41, 5.74) is 2.32. The van der Waals surface area contributed by atoms with Gasteiger partial charge in [-0.15, -0.1) is 0 Å². The third-order valence-electron chi connectivity index (χ3n) is 3.90. The van der Waals surface area contributed by atoms with Crippen LogP contribution in [0.2, 0.25) is 0 Å². The molecule has 0 bridgehead atoms. The SMILES string of the molecule is O=C(Nc1ccc(O)cc1F)C1CCCc2ccccc21. The Labute approximate surface area is 122 Å². The molecular formula is C17H16FNO2. The maximum atomic E-state index is 13.7. The summed E-state index contributed by atoms with van der Waals surface area (Å²) in [4.78, 5) is 12.4. The van der Waals surface area contributed by atoms with Crippen LogP contribution in [0.25, 0.3) is 0 Å². The van der Waals surface area contributed by atoms with Crippen molar-refractivity contribution in [3.63, 3.8) is 0 Å². The Balaban J connectivity index is 1.83. The molecule has 108 valence electrons. The quantitative estimate of drug-likeness (QED) is 0.828. The van der Waals surface area contributed by atoms with Crippen LogP contribution in [0.3, 0.4) is 0 Å². The molecule has 0 heterocycles. The van der Waals surface area contributed by atoms with Crippen LogP contribution in [0.5, 0.6) is 5.75 Å². The second-order valence-corrected chi connectivity index (χ2v) is 5.30. The van der Waals surface area contributed by atoms with Crippen molar-refractivity contribution in [3.8, 4) is 5.75 Å². The van der Waals surface area contributed by atoms with Gasteiger partial charge in [0.15, 0.2) is 0 Å². The number of carbonyl (C=O) groups excluding carboxylic acids is 1. The molecule has 2 aromatic rings. The topological polar surface area (TPSA) is 49.3 Å². The molecule has 1 atom stereocenters. The Bertz CT molecular complexity index is 684. The van der Waals surface area contributed by atoms with Gasteiger partial charge in [0.2, 0.25) is 5.91 Å². The number of rotatable bonds is 2. The second-order valence-electron chi connectivity index (χ2n) is 5.30. The van der Waals surface area contributed by atoms with Crippen LogP contribution in [0, 0.1) is 5.82 Å². The van der Waals surface area contributed by atoms with Crippen LogP contribution < -0.4 is 5.32 Å². The summed E-state index contributed by atoms with van der Waals surface area (Å²) in [6, 6.07) is 11.6. The summed E-state index contributed by atoms with van der Waals surface area (Å²) in [6.45, 7) is 0. The minimum absolute atomic E-state index is 0.0980. The highest BCUT2D eigenvalue weighted by molar-refractivity contribution is 5.96. The summed E-state index contributed by atoms with van der Waals surface area (Å²) in [5, 5.41) is 11.8. The van der Waals surface area contributed by atoms with E-state index in [2.05, 4.69) is 5.32 Å². The molecule has 0 aliphatic heterocycles. The van der Waals surface area contributed by atoms with Crippen LogP contribution in [0.1, 0.15) is 29.9 Å². The van der Waals surface area contributed by atoms with Crippen molar-refractivity contribution in [1.29, 1.82) is 0 Å². The van der Waals surface area contributed by atoms with Crippen molar-refractivity contribution in [2.75, 3.05) is 5.32 Å². The third kappa shape index (κ3) is 2.75. The lowest BCUT2D eigenvalue weighted by Gasteiger charge is -2.24. The smallest absolute Gasteiger partial charge is 0.232 e. The summed E-state index contributed by atoms with van der Waals surface area (Å²) >= 11 is 0. The number of phenolic OH excluding ortho intramolecular Hbond substituents is 1. The Kier molecular flexibility index (Phi) is 3.60. The van der Waals surface area contributed by atoms with E-state index in [1.807, 2.05) is 24.3 Å². The van der Waals surface area contributed by atoms with Gasteiger partial charge in [-0.1, -0.05) is 24.3 Å². The van der Waals surface area contributed by atoms with Crippen LogP contribution >= 0.6 is 0 Å². The maximum absolute atomic E-state index is 13.7. The molecule has 21 heavy (non-hydrogen) atoms. The fourth-order valence-electron chi connectivity index (χ4n) is 2.85. The first-order chi connectivity index (χ1) is 10.1. The van der Waals surface area contributed by atoms with Gasteiger partial charge in [0, 0.05) is 6.07 Å². The fourth-order valence-corrected chi connectivity index (χ4v) is 2.85. The van der Waals surface area contributed by atoms with Crippen LogP contribution in [-0.4, -0.2) is 11.0 Å². The lowest BCUT2D eigenvalue weighted by molar-refractivity contribution is -0.117. The number of benzene rings is 2. The Morgan fingerprint density at radius 1 is 1.24 bits per heavy atom. The summed E-state index contributed by atoms with van der Waals surface area (Å²) in [6.07, 6.45) is 2.70. The van der Waals surface area contributed by atoms with E-state index in [0.29, 0.717) is 0 Å². The Morgan fingerprint density at radius 3 is 2.86 bits per heavy atom. The van der Waals surface area contributed by atoms with Crippen molar-refractivity contribution in [2.24, 2.45) is 0 Å². The van der Waals surface area contributed by atoms with E-state index in [4.69, 9.17) is 0 Å². The van der Waals surface area contributed by atoms with E-state index < -0.39 is 5.82 Å². The third-order valence-corrected chi connectivity index (χ3v) is 3.90. The lowest BCUT2D eigenvalue weighted by atomic mass is 9.82. The standard InChI is InChI=1S/C17H16FNO2/c18-15-10-12(20)8-9-16(15)19-17(21)14-7-3-5-11-4-1-2-6-13(11)14/h1-2,4,6,8-10,14,20H,3,5,7H2,(H,19,21). The minimum atomic E-state index is -0.632. The zero-order chi connectivity index (χ0) is 14.8. The number of aromatic hydroxyl groups is 1. The van der Waals surface area contributed by atoms with Gasteiger partial charge < -0.3 is 10.4 Å². The van der Waals surface area contributed by atoms with Gasteiger partial charge in [-0.25, -0.2) is 4.39 Å². The molecule has 0 aromatic heterocycles. The van der Waals surface area contributed by atoms with Crippen molar-refractivity contribution in [1.82, 2.24) is 0 Å². The molecule has 2 N–H and O–H groups in total. The average molecular weight is 285 g/mol. The van der Waals surface area contributed by atoms with Crippen molar-refractivity contribution >= 4 is 11.6 Å². The molecule has 0 radical (unpaired) electrons. The number of halogens is 1. The number of carbonyl (C=O) groups is 1. The van der Waals surface area contributed by atoms with Crippen LogP contribution in [-0.2, 0) is 11.2 Å². The maximum Gasteiger partial charge on any atom is 0.232 e. The van der Waals surface area contributed by atoms with Gasteiger partial charge in [-0.3, -0.25) is 4.79 Å². The lowest BCUT2D eigenvalue weighted by Crippen LogP contribution is -2.25. The van der Waals surface area contributed by atoms with Gasteiger partial charge in [0.25, 0.3) is 0 Å². The molecule has 3 nitrogen and oxygen atoms in total. The molecule has 1 unspecified atom stereocenters. The highest BCUT2D eigenvalue weighted by Gasteiger charge is 2.26. The Morgan fingerprint density at radius 2 is 2.05 bits per heavy atom. The monoisotopic (exact) mass is 285 g/mol. The number of amides is 1. The molecule has 1 aliphatic carbocycles. The zero-order valence-electron chi connectivity index (χ0n) is 11.5. The summed E-state index contributed by atoms with van der Waals surface area (Å²) in [7, 11) is 0. The molecule has 2 aromatic carbocycles. The molecule has 0 fully saturated rings. The fraction of sp³-hybridized carbons (Fsp3) is 0.235. The molecule has 0 saturated carbocycles. The van der Waals surface area contributed by atoms with E-state index in [0.717, 1.165) is 30.9 Å². The number of hydrogen-bond donors (Lipinski definition) is 2. The predicted octanol–water partition coefficient (Wildman–Crippen LogP) is 3.59. The first-order valence-electron chi connectivity index (χ1n) is 7.02. The highest BCUT2D eigenvalue weighted by Crippen LogP contribution is 2.32. The van der Waals surface area contributed by atoms with E-state index in [1.165, 1.54) is 17.7 Å². The number of fused-ring (bicyclic) bond motifs is 1. The van der Waals surface area contributed by atoms with Crippen LogP contribution in [0.4, 0.5) is 10.1 Å². The van der Waals surface area contributed by atoms with Gasteiger partial charge in [-0.2, -0.15) is 0 Å². The summed E-state index contributed by atoms with van der Waals surface area (Å²) < 4.78 is 13.7. The van der Waals surface area contributed by atoms with Crippen molar-refractivity contribution in [2.45, 2.75) is 25.2 Å². The van der Waals surface area contributed by atoms with Crippen LogP contribution in [0.15, 0.2) is 42.5 Å². The van der Waals surface area contributed by atoms with E-state index in [-0.39, 0.29) is 23.3 Å². The largest absolute Gasteiger partial charge is 0.508 e. The predicted molar refractivity (Wildman–Crippen MR) is 78.8 cm³/mol. The molecule has 1 amide bonds. The van der Waals surface area contributed by atoms with E-state index in [1.54, 1.807) is 0 Å². The number of anilines is 1. The molecule has 4 heteroatoms. The average Bonchev–Trinajstić information content (AvgIpc) is 2.49. The summed E-state index contributed by atoms with van der Waals surface area (Å²) in [5.74, 6) is -1.24. The number of phenols is 1. The number of nitrogens with one attached hydrogen (secondary N) is 1. The highest BCUT2D eigenvalue weighted by atomic mass is 19.1. The normalized spacial score (nSPS) is 17.1. The second kappa shape index (κ2) is 5.56. The van der Waals surface area contributed by atoms with Gasteiger partial charge in [-0.05, 0) is 42.5 Å². The van der Waals surface area contributed by atoms with E-state index in [9.17, 15) is 14.3 Å². The number of aryl methyl sites for hydroxylation is 1. The van der Waals surface area contributed by atoms with Crippen molar-refractivity contribution < 1.29 is 14.3 Å². The van der Waals surface area contributed by atoms with Gasteiger partial charge in [0.1, 0.15) is 11.6 Å². The number of hydrogen-bond acceptors (Lipinski definition) is 2. The molecule has 0 spiro atoms. The minimum Gasteiger partial charge on any atom is -0.508 e. The Hall–Kier alpha value is -2.36. The molecular weight excluding hydrogens is 269 g/mol. The zero-order valence-corrected chi connectivity index (χ0v) is 11.5. The molecule has 3 rings (SSSR count). The van der Waals surface area contributed by atoms with Crippen molar-refractivity contribution in [3.05, 3.63) is 59.4 Å². The van der Waals surface area contributed by atoms with Gasteiger partial charge in [0.05, 0.1) is 11.6 Å². The molecule has 0 saturated heterocycles. The molecule has 1 aliphatic rings. The first kappa shape index (κ1) is 13.6. The van der Waals surface area contributed by atoms with E-state index >= 15 is 0 Å².